The van der Waals surface area contributed by atoms with Crippen LogP contribution in [0, 0.1) is 36.4 Å². The zero-order valence-corrected chi connectivity index (χ0v) is 11.8. The fourth-order valence-corrected chi connectivity index (χ4v) is 4.01. The first-order valence-corrected chi connectivity index (χ1v) is 7.27. The number of aryl methyl sites for hydroxylation is 1. The molecular formula is C16H18FNO3. The van der Waals surface area contributed by atoms with Crippen LogP contribution >= 0.6 is 0 Å². The summed E-state index contributed by atoms with van der Waals surface area (Å²) in [6, 6.07) is 4.16. The summed E-state index contributed by atoms with van der Waals surface area (Å²) in [5, 5.41) is 12.2. The molecule has 5 heteroatoms. The molecule has 0 spiro atoms. The number of carboxylic acid groups (broad SMARTS) is 1. The van der Waals surface area contributed by atoms with Crippen molar-refractivity contribution in [3.8, 4) is 0 Å². The molecule has 2 bridgehead atoms. The van der Waals surface area contributed by atoms with Gasteiger partial charge < -0.3 is 10.4 Å². The van der Waals surface area contributed by atoms with Gasteiger partial charge in [0.2, 0.25) is 5.91 Å². The van der Waals surface area contributed by atoms with Crippen molar-refractivity contribution in [1.82, 2.24) is 0 Å². The molecule has 2 saturated carbocycles. The smallest absolute Gasteiger partial charge is 0.307 e. The number of aliphatic carboxylic acids is 1. The first kappa shape index (κ1) is 14.0. The summed E-state index contributed by atoms with van der Waals surface area (Å²) < 4.78 is 13.1. The summed E-state index contributed by atoms with van der Waals surface area (Å²) >= 11 is 0. The number of anilines is 1. The number of benzene rings is 1. The SMILES string of the molecule is Cc1cc(F)ccc1NC(=O)[C@@H]1[C@H]2CC[C@@H](C2)[C@@H]1C(=O)O. The Hall–Kier alpha value is -1.91. The van der Waals surface area contributed by atoms with Gasteiger partial charge in [0.1, 0.15) is 5.82 Å². The van der Waals surface area contributed by atoms with Crippen LogP contribution in [-0.4, -0.2) is 17.0 Å². The molecule has 1 aromatic rings. The van der Waals surface area contributed by atoms with Crippen molar-refractivity contribution in [3.05, 3.63) is 29.6 Å². The number of carboxylic acids is 1. The Kier molecular flexibility index (Phi) is 3.43. The topological polar surface area (TPSA) is 66.4 Å². The third-order valence-electron chi connectivity index (χ3n) is 4.95. The van der Waals surface area contributed by atoms with Crippen molar-refractivity contribution in [2.24, 2.45) is 23.7 Å². The predicted octanol–water partition coefficient (Wildman–Crippen LogP) is 2.82. The van der Waals surface area contributed by atoms with E-state index in [0.717, 1.165) is 19.3 Å². The number of halogens is 1. The standard InChI is InChI=1S/C16H18FNO3/c1-8-6-11(17)4-5-12(8)18-15(19)13-9-2-3-10(7-9)14(13)16(20)21/h4-6,9-10,13-14H,2-3,7H2,1H3,(H,18,19)(H,20,21)/t9-,10-,13+,14-/m0/s1. The number of fused-ring (bicyclic) bond motifs is 2. The van der Waals surface area contributed by atoms with Crippen molar-refractivity contribution in [2.45, 2.75) is 26.2 Å². The zero-order valence-electron chi connectivity index (χ0n) is 11.8. The average molecular weight is 291 g/mol. The lowest BCUT2D eigenvalue weighted by Gasteiger charge is -2.27. The maximum atomic E-state index is 13.1. The Bertz CT molecular complexity index is 601. The maximum Gasteiger partial charge on any atom is 0.307 e. The normalized spacial score (nSPS) is 30.4. The van der Waals surface area contributed by atoms with E-state index in [1.54, 1.807) is 6.92 Å². The monoisotopic (exact) mass is 291 g/mol. The minimum Gasteiger partial charge on any atom is -0.481 e. The number of carbonyl (C=O) groups is 2. The van der Waals surface area contributed by atoms with E-state index in [-0.39, 0.29) is 23.6 Å². The van der Waals surface area contributed by atoms with Crippen LogP contribution < -0.4 is 5.32 Å². The number of hydrogen-bond donors (Lipinski definition) is 2. The molecule has 0 heterocycles. The Labute approximate surface area is 122 Å². The molecule has 0 radical (unpaired) electrons. The molecule has 2 aliphatic rings. The van der Waals surface area contributed by atoms with Crippen LogP contribution in [0.2, 0.25) is 0 Å². The van der Waals surface area contributed by atoms with Gasteiger partial charge in [0, 0.05) is 5.69 Å². The van der Waals surface area contributed by atoms with E-state index in [9.17, 15) is 19.1 Å². The molecule has 4 nitrogen and oxygen atoms in total. The summed E-state index contributed by atoms with van der Waals surface area (Å²) in [6.45, 7) is 1.72. The van der Waals surface area contributed by atoms with Crippen molar-refractivity contribution in [3.63, 3.8) is 0 Å². The third kappa shape index (κ3) is 2.41. The fourth-order valence-electron chi connectivity index (χ4n) is 4.01. The van der Waals surface area contributed by atoms with Gasteiger partial charge >= 0.3 is 5.97 Å². The first-order chi connectivity index (χ1) is 9.97. The van der Waals surface area contributed by atoms with Crippen LogP contribution in [0.25, 0.3) is 0 Å². The highest BCUT2D eigenvalue weighted by Crippen LogP contribution is 2.52. The summed E-state index contributed by atoms with van der Waals surface area (Å²) in [4.78, 5) is 23.9. The summed E-state index contributed by atoms with van der Waals surface area (Å²) in [7, 11) is 0. The van der Waals surface area contributed by atoms with E-state index in [1.165, 1.54) is 18.2 Å². The molecule has 2 fully saturated rings. The van der Waals surface area contributed by atoms with Crippen LogP contribution in [0.4, 0.5) is 10.1 Å². The molecule has 2 aliphatic carbocycles. The summed E-state index contributed by atoms with van der Waals surface area (Å²) in [5.74, 6) is -2.24. The number of rotatable bonds is 3. The van der Waals surface area contributed by atoms with Crippen LogP contribution in [0.15, 0.2) is 18.2 Å². The lowest BCUT2D eigenvalue weighted by Crippen LogP contribution is -2.38. The van der Waals surface area contributed by atoms with Gasteiger partial charge in [0.15, 0.2) is 0 Å². The molecule has 1 aromatic carbocycles. The largest absolute Gasteiger partial charge is 0.481 e. The molecule has 1 amide bonds. The maximum absolute atomic E-state index is 13.1. The van der Waals surface area contributed by atoms with Crippen LogP contribution in [0.3, 0.4) is 0 Å². The van der Waals surface area contributed by atoms with Gasteiger partial charge in [-0.2, -0.15) is 0 Å². The van der Waals surface area contributed by atoms with E-state index >= 15 is 0 Å². The Morgan fingerprint density at radius 2 is 1.90 bits per heavy atom. The molecule has 0 aromatic heterocycles. The van der Waals surface area contributed by atoms with Crippen LogP contribution in [0.1, 0.15) is 24.8 Å². The van der Waals surface area contributed by atoms with Gasteiger partial charge in [-0.3, -0.25) is 9.59 Å². The van der Waals surface area contributed by atoms with Crippen LogP contribution in [-0.2, 0) is 9.59 Å². The van der Waals surface area contributed by atoms with Crippen molar-refractivity contribution >= 4 is 17.6 Å². The van der Waals surface area contributed by atoms with Gasteiger partial charge in [-0.1, -0.05) is 0 Å². The molecule has 2 N–H and O–H groups in total. The van der Waals surface area contributed by atoms with Gasteiger partial charge in [-0.15, -0.1) is 0 Å². The van der Waals surface area contributed by atoms with Gasteiger partial charge in [0.25, 0.3) is 0 Å². The molecule has 112 valence electrons. The van der Waals surface area contributed by atoms with Crippen molar-refractivity contribution in [2.75, 3.05) is 5.32 Å². The average Bonchev–Trinajstić information content (AvgIpc) is 3.02. The molecule has 21 heavy (non-hydrogen) atoms. The van der Waals surface area contributed by atoms with Crippen LogP contribution in [0.5, 0.6) is 0 Å². The summed E-state index contributed by atoms with van der Waals surface area (Å²) in [6.07, 6.45) is 2.66. The number of amides is 1. The Morgan fingerprint density at radius 3 is 2.52 bits per heavy atom. The van der Waals surface area contributed by atoms with Gasteiger partial charge in [0.05, 0.1) is 11.8 Å². The lowest BCUT2D eigenvalue weighted by molar-refractivity contribution is -0.148. The highest BCUT2D eigenvalue weighted by atomic mass is 19.1. The van der Waals surface area contributed by atoms with Crippen molar-refractivity contribution < 1.29 is 19.1 Å². The van der Waals surface area contributed by atoms with Gasteiger partial charge in [-0.25, -0.2) is 4.39 Å². The third-order valence-corrected chi connectivity index (χ3v) is 4.95. The molecule has 0 aliphatic heterocycles. The highest BCUT2D eigenvalue weighted by molar-refractivity contribution is 5.96. The van der Waals surface area contributed by atoms with Gasteiger partial charge in [-0.05, 0) is 61.8 Å². The van der Waals surface area contributed by atoms with E-state index in [1.807, 2.05) is 0 Å². The zero-order chi connectivity index (χ0) is 15.1. The second-order valence-electron chi connectivity index (χ2n) is 6.17. The predicted molar refractivity (Wildman–Crippen MR) is 75.2 cm³/mol. The van der Waals surface area contributed by atoms with E-state index in [4.69, 9.17) is 0 Å². The molecular weight excluding hydrogens is 273 g/mol. The van der Waals surface area contributed by atoms with E-state index in [0.29, 0.717) is 11.3 Å². The number of carbonyl (C=O) groups excluding carboxylic acids is 1. The number of hydrogen-bond acceptors (Lipinski definition) is 2. The fraction of sp³-hybridized carbons (Fsp3) is 0.500. The van der Waals surface area contributed by atoms with Crippen molar-refractivity contribution in [1.29, 1.82) is 0 Å². The quantitative estimate of drug-likeness (QED) is 0.900. The summed E-state index contributed by atoms with van der Waals surface area (Å²) in [5.41, 5.74) is 1.19. The second kappa shape index (κ2) is 5.13. The van der Waals surface area contributed by atoms with E-state index < -0.39 is 17.8 Å². The first-order valence-electron chi connectivity index (χ1n) is 7.27. The minimum absolute atomic E-state index is 0.123. The Balaban J connectivity index is 1.80. The van der Waals surface area contributed by atoms with E-state index in [2.05, 4.69) is 5.32 Å². The Morgan fingerprint density at radius 1 is 1.24 bits per heavy atom. The second-order valence-corrected chi connectivity index (χ2v) is 6.17. The molecule has 4 atom stereocenters. The number of nitrogens with one attached hydrogen (secondary N) is 1. The lowest BCUT2D eigenvalue weighted by atomic mass is 9.78. The molecule has 0 saturated heterocycles. The molecule has 0 unspecified atom stereocenters. The highest BCUT2D eigenvalue weighted by Gasteiger charge is 2.53. The molecule has 3 rings (SSSR count). The minimum atomic E-state index is -0.877.